The standard InChI is InChI=1S/C12H13ClN4O2/c13-10-2-1-3-11(12(10)17(18)19)16-8-6-15(5-4-14)7-9-16/h1-3H,5-9H2. The van der Waals surface area contributed by atoms with E-state index in [9.17, 15) is 10.1 Å². The molecule has 1 aromatic carbocycles. The number of nitriles is 1. The van der Waals surface area contributed by atoms with Crippen molar-refractivity contribution in [3.8, 4) is 6.07 Å². The fraction of sp³-hybridized carbons (Fsp3) is 0.417. The molecule has 0 N–H and O–H groups in total. The lowest BCUT2D eigenvalue weighted by molar-refractivity contribution is -0.384. The van der Waals surface area contributed by atoms with Crippen molar-refractivity contribution in [2.75, 3.05) is 37.6 Å². The van der Waals surface area contributed by atoms with Crippen LogP contribution in [0.2, 0.25) is 5.02 Å². The zero-order valence-corrected chi connectivity index (χ0v) is 11.0. The number of hydrogen-bond donors (Lipinski definition) is 0. The highest BCUT2D eigenvalue weighted by Crippen LogP contribution is 2.35. The molecule has 0 saturated carbocycles. The van der Waals surface area contributed by atoms with Gasteiger partial charge in [-0.1, -0.05) is 17.7 Å². The van der Waals surface area contributed by atoms with E-state index in [1.807, 2.05) is 9.80 Å². The van der Waals surface area contributed by atoms with Gasteiger partial charge in [0.25, 0.3) is 0 Å². The van der Waals surface area contributed by atoms with E-state index in [0.29, 0.717) is 25.3 Å². The van der Waals surface area contributed by atoms with Gasteiger partial charge in [-0.25, -0.2) is 0 Å². The third kappa shape index (κ3) is 2.95. The van der Waals surface area contributed by atoms with Crippen LogP contribution in [0, 0.1) is 21.4 Å². The van der Waals surface area contributed by atoms with Crippen molar-refractivity contribution in [1.82, 2.24) is 4.90 Å². The molecule has 19 heavy (non-hydrogen) atoms. The van der Waals surface area contributed by atoms with Crippen LogP contribution < -0.4 is 4.90 Å². The number of nitrogens with zero attached hydrogens (tertiary/aromatic N) is 4. The Bertz CT molecular complexity index is 521. The van der Waals surface area contributed by atoms with Gasteiger partial charge >= 0.3 is 5.69 Å². The van der Waals surface area contributed by atoms with Crippen LogP contribution in [-0.2, 0) is 0 Å². The van der Waals surface area contributed by atoms with E-state index in [1.165, 1.54) is 6.07 Å². The molecule has 2 rings (SSSR count). The summed E-state index contributed by atoms with van der Waals surface area (Å²) in [5, 5.41) is 19.9. The first-order chi connectivity index (χ1) is 9.13. The third-order valence-corrected chi connectivity index (χ3v) is 3.46. The van der Waals surface area contributed by atoms with Crippen LogP contribution in [0.1, 0.15) is 0 Å². The Morgan fingerprint density at radius 3 is 2.63 bits per heavy atom. The van der Waals surface area contributed by atoms with Crippen LogP contribution >= 0.6 is 11.6 Å². The highest BCUT2D eigenvalue weighted by molar-refractivity contribution is 6.33. The zero-order valence-electron chi connectivity index (χ0n) is 10.3. The van der Waals surface area contributed by atoms with Gasteiger partial charge in [0.15, 0.2) is 0 Å². The summed E-state index contributed by atoms with van der Waals surface area (Å²) in [5.74, 6) is 0. The maximum absolute atomic E-state index is 11.1. The van der Waals surface area contributed by atoms with Crippen molar-refractivity contribution in [2.45, 2.75) is 0 Å². The molecule has 100 valence electrons. The molecule has 1 heterocycles. The Labute approximate surface area is 115 Å². The van der Waals surface area contributed by atoms with Gasteiger partial charge in [-0.15, -0.1) is 0 Å². The lowest BCUT2D eigenvalue weighted by Gasteiger charge is -2.34. The fourth-order valence-electron chi connectivity index (χ4n) is 2.19. The van der Waals surface area contributed by atoms with Gasteiger partial charge in [0.1, 0.15) is 10.7 Å². The summed E-state index contributed by atoms with van der Waals surface area (Å²) in [6, 6.07) is 7.06. The first-order valence-corrected chi connectivity index (χ1v) is 6.28. The number of anilines is 1. The van der Waals surface area contributed by atoms with Crippen LogP contribution in [0.15, 0.2) is 18.2 Å². The first kappa shape index (κ1) is 13.6. The Morgan fingerprint density at radius 2 is 2.05 bits per heavy atom. The minimum absolute atomic E-state index is 0.0436. The van der Waals surface area contributed by atoms with Crippen molar-refractivity contribution < 1.29 is 4.92 Å². The molecule has 1 saturated heterocycles. The number of benzene rings is 1. The fourth-order valence-corrected chi connectivity index (χ4v) is 2.43. The van der Waals surface area contributed by atoms with E-state index in [2.05, 4.69) is 6.07 Å². The van der Waals surface area contributed by atoms with Crippen molar-refractivity contribution in [3.05, 3.63) is 33.3 Å². The monoisotopic (exact) mass is 280 g/mol. The molecule has 0 aliphatic carbocycles. The van der Waals surface area contributed by atoms with Gasteiger partial charge in [0, 0.05) is 26.2 Å². The normalized spacial score (nSPS) is 16.1. The number of rotatable bonds is 3. The number of piperazine rings is 1. The smallest absolute Gasteiger partial charge is 0.310 e. The summed E-state index contributed by atoms with van der Waals surface area (Å²) in [7, 11) is 0. The number of para-hydroxylation sites is 1. The molecule has 0 atom stereocenters. The Hall–Kier alpha value is -1.84. The van der Waals surface area contributed by atoms with Crippen LogP contribution in [0.5, 0.6) is 0 Å². The summed E-state index contributed by atoms with van der Waals surface area (Å²) in [6.07, 6.45) is 0. The van der Waals surface area contributed by atoms with E-state index < -0.39 is 4.92 Å². The highest BCUT2D eigenvalue weighted by atomic mass is 35.5. The molecule has 6 nitrogen and oxygen atoms in total. The Kier molecular flexibility index (Phi) is 4.20. The second-order valence-electron chi connectivity index (χ2n) is 4.29. The van der Waals surface area contributed by atoms with Crippen molar-refractivity contribution in [2.24, 2.45) is 0 Å². The number of nitro groups is 1. The second kappa shape index (κ2) is 5.87. The predicted molar refractivity (Wildman–Crippen MR) is 72.4 cm³/mol. The summed E-state index contributed by atoms with van der Waals surface area (Å²) < 4.78 is 0. The van der Waals surface area contributed by atoms with Gasteiger partial charge in [0.2, 0.25) is 0 Å². The van der Waals surface area contributed by atoms with Crippen molar-refractivity contribution in [3.63, 3.8) is 0 Å². The van der Waals surface area contributed by atoms with Crippen LogP contribution in [0.4, 0.5) is 11.4 Å². The lowest BCUT2D eigenvalue weighted by Crippen LogP contribution is -2.46. The molecule has 0 bridgehead atoms. The summed E-state index contributed by atoms with van der Waals surface area (Å²) in [4.78, 5) is 14.6. The second-order valence-corrected chi connectivity index (χ2v) is 4.69. The van der Waals surface area contributed by atoms with Gasteiger partial charge in [-0.05, 0) is 12.1 Å². The molecule has 0 unspecified atom stereocenters. The van der Waals surface area contributed by atoms with Crippen molar-refractivity contribution >= 4 is 23.0 Å². The average Bonchev–Trinajstić information content (AvgIpc) is 2.39. The molecule has 0 spiro atoms. The van der Waals surface area contributed by atoms with Crippen LogP contribution in [0.25, 0.3) is 0 Å². The van der Waals surface area contributed by atoms with E-state index in [0.717, 1.165) is 13.1 Å². The summed E-state index contributed by atoms with van der Waals surface area (Å²) in [5.41, 5.74) is 0.506. The number of halogens is 1. The average molecular weight is 281 g/mol. The minimum atomic E-state index is -0.445. The van der Waals surface area contributed by atoms with Gasteiger partial charge in [-0.2, -0.15) is 5.26 Å². The number of nitro benzene ring substituents is 1. The molecular weight excluding hydrogens is 268 g/mol. The molecule has 7 heteroatoms. The molecule has 1 fully saturated rings. The van der Waals surface area contributed by atoms with Gasteiger partial charge < -0.3 is 4.90 Å². The topological polar surface area (TPSA) is 73.4 Å². The first-order valence-electron chi connectivity index (χ1n) is 5.90. The third-order valence-electron chi connectivity index (χ3n) is 3.16. The SMILES string of the molecule is N#CCN1CCN(c2cccc(Cl)c2[N+](=O)[O-])CC1. The maximum atomic E-state index is 11.1. The molecule has 0 amide bonds. The van der Waals surface area contributed by atoms with Gasteiger partial charge in [-0.3, -0.25) is 15.0 Å². The van der Waals surface area contributed by atoms with E-state index in [1.54, 1.807) is 12.1 Å². The predicted octanol–water partition coefficient (Wildman–Crippen LogP) is 1.89. The van der Waals surface area contributed by atoms with Crippen molar-refractivity contribution in [1.29, 1.82) is 5.26 Å². The zero-order chi connectivity index (χ0) is 13.8. The molecule has 1 aromatic rings. The van der Waals surface area contributed by atoms with E-state index in [4.69, 9.17) is 16.9 Å². The quantitative estimate of drug-likeness (QED) is 0.480. The highest BCUT2D eigenvalue weighted by Gasteiger charge is 2.25. The van der Waals surface area contributed by atoms with E-state index >= 15 is 0 Å². The van der Waals surface area contributed by atoms with Crippen LogP contribution in [-0.4, -0.2) is 42.5 Å². The number of hydrogen-bond acceptors (Lipinski definition) is 5. The molecule has 1 aliphatic heterocycles. The Balaban J connectivity index is 2.18. The lowest BCUT2D eigenvalue weighted by atomic mass is 10.2. The molecule has 0 radical (unpaired) electrons. The summed E-state index contributed by atoms with van der Waals surface area (Å²) >= 11 is 5.90. The van der Waals surface area contributed by atoms with Gasteiger partial charge in [0.05, 0.1) is 17.5 Å². The summed E-state index contributed by atoms with van der Waals surface area (Å²) in [6.45, 7) is 3.14. The van der Waals surface area contributed by atoms with Crippen LogP contribution in [0.3, 0.4) is 0 Å². The maximum Gasteiger partial charge on any atom is 0.310 e. The van der Waals surface area contributed by atoms with E-state index in [-0.39, 0.29) is 10.7 Å². The molecule has 0 aromatic heterocycles. The Morgan fingerprint density at radius 1 is 1.37 bits per heavy atom. The molecular formula is C12H13ClN4O2. The molecule has 1 aliphatic rings. The minimum Gasteiger partial charge on any atom is -0.363 e. The largest absolute Gasteiger partial charge is 0.363 e.